The van der Waals surface area contributed by atoms with E-state index in [0.29, 0.717) is 29.1 Å². The summed E-state index contributed by atoms with van der Waals surface area (Å²) >= 11 is 17.9. The molecule has 0 aliphatic carbocycles. The maximum absolute atomic E-state index is 6.15. The van der Waals surface area contributed by atoms with Crippen LogP contribution in [0.3, 0.4) is 0 Å². The molecule has 2 nitrogen and oxygen atoms in total. The van der Waals surface area contributed by atoms with E-state index in [1.165, 1.54) is 0 Å². The molecule has 0 spiro atoms. The molecular weight excluding hydrogens is 293 g/mol. The van der Waals surface area contributed by atoms with Crippen molar-refractivity contribution in [1.29, 1.82) is 0 Å². The summed E-state index contributed by atoms with van der Waals surface area (Å²) in [6.07, 6.45) is 0. The average molecular weight is 311 g/mol. The van der Waals surface area contributed by atoms with E-state index in [9.17, 15) is 0 Å². The molecule has 0 atom stereocenters. The molecule has 0 aliphatic heterocycles. The lowest BCUT2D eigenvalue weighted by Crippen LogP contribution is -2.27. The third-order valence-electron chi connectivity index (χ3n) is 2.66. The number of hydrogen-bond donors (Lipinski definition) is 0. The first kappa shape index (κ1) is 16.1. The van der Waals surface area contributed by atoms with Gasteiger partial charge in [-0.3, -0.25) is 4.90 Å². The van der Waals surface area contributed by atoms with E-state index in [0.717, 1.165) is 25.2 Å². The molecule has 0 saturated carbocycles. The lowest BCUT2D eigenvalue weighted by Gasteiger charge is -2.21. The molecule has 0 aromatic heterocycles. The zero-order valence-electron chi connectivity index (χ0n) is 10.5. The molecule has 0 saturated heterocycles. The van der Waals surface area contributed by atoms with Gasteiger partial charge in [0.15, 0.2) is 0 Å². The molecular formula is C13H18Cl3NO. The number of likely N-dealkylation sites (N-methyl/N-ethyl adjacent to an activating group) is 1. The third kappa shape index (κ3) is 5.33. The van der Waals surface area contributed by atoms with E-state index in [1.807, 2.05) is 18.2 Å². The van der Waals surface area contributed by atoms with Gasteiger partial charge in [0.1, 0.15) is 0 Å². The van der Waals surface area contributed by atoms with Gasteiger partial charge in [-0.05, 0) is 18.7 Å². The van der Waals surface area contributed by atoms with Gasteiger partial charge >= 0.3 is 0 Å². The molecule has 0 N–H and O–H groups in total. The van der Waals surface area contributed by atoms with Crippen LogP contribution in [0.2, 0.25) is 10.0 Å². The summed E-state index contributed by atoms with van der Waals surface area (Å²) in [6.45, 7) is 5.86. The van der Waals surface area contributed by atoms with Crippen LogP contribution in [-0.4, -0.2) is 37.1 Å². The van der Waals surface area contributed by atoms with Crippen molar-refractivity contribution in [1.82, 2.24) is 4.90 Å². The van der Waals surface area contributed by atoms with Gasteiger partial charge in [0, 0.05) is 34.6 Å². The van der Waals surface area contributed by atoms with Gasteiger partial charge in [0.2, 0.25) is 0 Å². The number of alkyl halides is 1. The smallest absolute Gasteiger partial charge is 0.0602 e. The summed E-state index contributed by atoms with van der Waals surface area (Å²) in [5.41, 5.74) is 0.972. The predicted molar refractivity (Wildman–Crippen MR) is 79.0 cm³/mol. The van der Waals surface area contributed by atoms with Crippen LogP contribution >= 0.6 is 34.8 Å². The molecule has 0 amide bonds. The molecule has 0 aliphatic rings. The Hall–Kier alpha value is 0.01000. The van der Waals surface area contributed by atoms with Gasteiger partial charge in [-0.25, -0.2) is 0 Å². The van der Waals surface area contributed by atoms with E-state index in [4.69, 9.17) is 39.5 Å². The topological polar surface area (TPSA) is 12.5 Å². The summed E-state index contributed by atoms with van der Waals surface area (Å²) in [6, 6.07) is 5.58. The van der Waals surface area contributed by atoms with Crippen molar-refractivity contribution >= 4 is 34.8 Å². The second kappa shape index (κ2) is 9.00. The van der Waals surface area contributed by atoms with Crippen LogP contribution in [-0.2, 0) is 11.3 Å². The highest BCUT2D eigenvalue weighted by molar-refractivity contribution is 6.35. The van der Waals surface area contributed by atoms with Crippen LogP contribution in [0.5, 0.6) is 0 Å². The van der Waals surface area contributed by atoms with Gasteiger partial charge in [0.05, 0.1) is 13.2 Å². The highest BCUT2D eigenvalue weighted by Crippen LogP contribution is 2.25. The Morgan fingerprint density at radius 3 is 2.39 bits per heavy atom. The number of halogens is 3. The van der Waals surface area contributed by atoms with Crippen molar-refractivity contribution in [2.75, 3.05) is 32.2 Å². The van der Waals surface area contributed by atoms with Gasteiger partial charge in [-0.1, -0.05) is 36.2 Å². The highest BCUT2D eigenvalue weighted by Gasteiger charge is 2.10. The van der Waals surface area contributed by atoms with E-state index in [2.05, 4.69) is 11.8 Å². The number of hydrogen-bond acceptors (Lipinski definition) is 2. The number of nitrogens with zero attached hydrogens (tertiary/aromatic N) is 1. The van der Waals surface area contributed by atoms with Crippen molar-refractivity contribution in [2.24, 2.45) is 0 Å². The molecule has 0 bridgehead atoms. The van der Waals surface area contributed by atoms with E-state index in [1.54, 1.807) is 0 Å². The molecule has 102 valence electrons. The van der Waals surface area contributed by atoms with E-state index >= 15 is 0 Å². The van der Waals surface area contributed by atoms with Gasteiger partial charge in [-0.15, -0.1) is 11.6 Å². The molecule has 0 unspecified atom stereocenters. The molecule has 0 radical (unpaired) electrons. The maximum Gasteiger partial charge on any atom is 0.0602 e. The first-order valence-corrected chi connectivity index (χ1v) is 7.27. The Balaban J connectivity index is 2.52. The minimum atomic E-state index is 0.530. The van der Waals surface area contributed by atoms with Crippen molar-refractivity contribution in [3.05, 3.63) is 33.8 Å². The predicted octanol–water partition coefficient (Wildman–Crippen LogP) is 4.07. The Morgan fingerprint density at radius 2 is 1.83 bits per heavy atom. The number of benzene rings is 1. The zero-order chi connectivity index (χ0) is 13.4. The van der Waals surface area contributed by atoms with Crippen LogP contribution in [0.25, 0.3) is 0 Å². The average Bonchev–Trinajstić information content (AvgIpc) is 2.36. The zero-order valence-corrected chi connectivity index (χ0v) is 12.7. The Kier molecular flexibility index (Phi) is 8.03. The molecule has 0 heterocycles. The van der Waals surface area contributed by atoms with Crippen molar-refractivity contribution < 1.29 is 4.74 Å². The quantitative estimate of drug-likeness (QED) is 0.530. The van der Waals surface area contributed by atoms with E-state index < -0.39 is 0 Å². The molecule has 5 heteroatoms. The number of ether oxygens (including phenoxy) is 1. The standard InChI is InChI=1S/C13H18Cl3NO/c1-2-17(7-9-18-8-6-14)10-11-12(15)4-3-5-13(11)16/h3-5H,2,6-10H2,1H3. The monoisotopic (exact) mass is 309 g/mol. The minimum absolute atomic E-state index is 0.530. The first-order valence-electron chi connectivity index (χ1n) is 5.98. The fourth-order valence-corrected chi connectivity index (χ4v) is 2.23. The Labute approximate surface area is 124 Å². The first-order chi connectivity index (χ1) is 8.69. The molecule has 1 rings (SSSR count). The third-order valence-corrected chi connectivity index (χ3v) is 3.53. The summed E-state index contributed by atoms with van der Waals surface area (Å²) in [4.78, 5) is 2.24. The van der Waals surface area contributed by atoms with Crippen molar-refractivity contribution in [2.45, 2.75) is 13.5 Å². The van der Waals surface area contributed by atoms with Crippen LogP contribution in [0.15, 0.2) is 18.2 Å². The van der Waals surface area contributed by atoms with Crippen molar-refractivity contribution in [3.63, 3.8) is 0 Å². The summed E-state index contributed by atoms with van der Waals surface area (Å²) < 4.78 is 5.37. The van der Waals surface area contributed by atoms with E-state index in [-0.39, 0.29) is 0 Å². The SMILES string of the molecule is CCN(CCOCCCl)Cc1c(Cl)cccc1Cl. The maximum atomic E-state index is 6.15. The van der Waals surface area contributed by atoms with Crippen LogP contribution in [0.4, 0.5) is 0 Å². The summed E-state index contributed by atoms with van der Waals surface area (Å²) in [5.74, 6) is 0.530. The lowest BCUT2D eigenvalue weighted by atomic mass is 10.2. The van der Waals surface area contributed by atoms with Crippen molar-refractivity contribution in [3.8, 4) is 0 Å². The fraction of sp³-hybridized carbons (Fsp3) is 0.538. The Morgan fingerprint density at radius 1 is 1.17 bits per heavy atom. The minimum Gasteiger partial charge on any atom is -0.379 e. The van der Waals surface area contributed by atoms with Crippen LogP contribution in [0, 0.1) is 0 Å². The summed E-state index contributed by atoms with van der Waals surface area (Å²) in [7, 11) is 0. The van der Waals surface area contributed by atoms with Gasteiger partial charge < -0.3 is 4.74 Å². The molecule has 1 aromatic carbocycles. The van der Waals surface area contributed by atoms with Gasteiger partial charge in [-0.2, -0.15) is 0 Å². The fourth-order valence-electron chi connectivity index (χ4n) is 1.61. The molecule has 0 fully saturated rings. The highest BCUT2D eigenvalue weighted by atomic mass is 35.5. The Bertz CT molecular complexity index is 340. The summed E-state index contributed by atoms with van der Waals surface area (Å²) in [5, 5.41) is 1.42. The second-order valence-electron chi connectivity index (χ2n) is 3.87. The largest absolute Gasteiger partial charge is 0.379 e. The second-order valence-corrected chi connectivity index (χ2v) is 5.06. The molecule has 18 heavy (non-hydrogen) atoms. The number of rotatable bonds is 8. The van der Waals surface area contributed by atoms with Crippen LogP contribution in [0.1, 0.15) is 12.5 Å². The van der Waals surface area contributed by atoms with Crippen LogP contribution < -0.4 is 0 Å². The van der Waals surface area contributed by atoms with Gasteiger partial charge in [0.25, 0.3) is 0 Å². The molecule has 1 aromatic rings. The lowest BCUT2D eigenvalue weighted by molar-refractivity contribution is 0.114. The normalized spacial score (nSPS) is 11.2.